The summed E-state index contributed by atoms with van der Waals surface area (Å²) in [6.45, 7) is 3.43. The predicted molar refractivity (Wildman–Crippen MR) is 99.6 cm³/mol. The van der Waals surface area contributed by atoms with Crippen LogP contribution in [-0.2, 0) is 20.4 Å². The number of hydrogen-bond acceptors (Lipinski definition) is 4. The molecule has 0 unspecified atom stereocenters. The van der Waals surface area contributed by atoms with Gasteiger partial charge in [0.25, 0.3) is 0 Å². The van der Waals surface area contributed by atoms with E-state index >= 15 is 0 Å². The second-order valence-electron chi connectivity index (χ2n) is 6.27. The zero-order valence-corrected chi connectivity index (χ0v) is 16.2. The van der Waals surface area contributed by atoms with Crippen molar-refractivity contribution in [3.05, 3.63) is 34.3 Å². The topological polar surface area (TPSA) is 66.5 Å². The minimum absolute atomic E-state index is 0.119. The van der Waals surface area contributed by atoms with Crippen molar-refractivity contribution in [2.45, 2.75) is 31.4 Å². The number of nitrogens with one attached hydrogen (secondary N) is 1. The van der Waals surface area contributed by atoms with Crippen molar-refractivity contribution in [3.8, 4) is 0 Å². The second kappa shape index (κ2) is 9.53. The molecule has 134 valence electrons. The van der Waals surface area contributed by atoms with Gasteiger partial charge in [-0.05, 0) is 43.6 Å². The molecule has 1 aromatic rings. The molecule has 7 heteroatoms. The molecule has 1 aromatic carbocycles. The summed E-state index contributed by atoms with van der Waals surface area (Å²) in [7, 11) is -3.46. The van der Waals surface area contributed by atoms with Gasteiger partial charge in [0.15, 0.2) is 9.84 Å². The smallest absolute Gasteiger partial charge is 0.235 e. The van der Waals surface area contributed by atoms with Gasteiger partial charge in [-0.3, -0.25) is 4.79 Å². The third-order valence-corrected chi connectivity index (χ3v) is 6.04. The fourth-order valence-corrected chi connectivity index (χ4v) is 4.63. The normalized spacial score (nSPS) is 16.5. The molecule has 0 aromatic heterocycles. The first-order chi connectivity index (χ1) is 11.4. The highest BCUT2D eigenvalue weighted by molar-refractivity contribution is 9.10. The Morgan fingerprint density at radius 3 is 2.54 bits per heavy atom. The first kappa shape index (κ1) is 19.4. The average molecular weight is 417 g/mol. The molecule has 1 fully saturated rings. The standard InChI is InChI=1S/C17H25BrN2O3S/c18-16-7-5-6-15(12-16)13-24(22,23)14-17(21)19-8-11-20-9-3-1-2-4-10-20/h5-7,12H,1-4,8-11,13-14H2,(H,19,21). The average Bonchev–Trinajstić information content (AvgIpc) is 2.75. The highest BCUT2D eigenvalue weighted by Crippen LogP contribution is 2.14. The van der Waals surface area contributed by atoms with Crippen LogP contribution in [0.4, 0.5) is 0 Å². The first-order valence-corrected chi connectivity index (χ1v) is 11.0. The van der Waals surface area contributed by atoms with Crippen LogP contribution in [0, 0.1) is 0 Å². The molecule has 5 nitrogen and oxygen atoms in total. The van der Waals surface area contributed by atoms with Crippen LogP contribution in [0.15, 0.2) is 28.7 Å². The van der Waals surface area contributed by atoms with E-state index in [0.29, 0.717) is 12.1 Å². The number of rotatable bonds is 7. The van der Waals surface area contributed by atoms with Crippen molar-refractivity contribution in [1.82, 2.24) is 10.2 Å². The first-order valence-electron chi connectivity index (χ1n) is 8.38. The second-order valence-corrected chi connectivity index (χ2v) is 9.25. The van der Waals surface area contributed by atoms with Gasteiger partial charge >= 0.3 is 0 Å². The van der Waals surface area contributed by atoms with Crippen molar-refractivity contribution in [3.63, 3.8) is 0 Å². The van der Waals surface area contributed by atoms with E-state index in [2.05, 4.69) is 26.1 Å². The van der Waals surface area contributed by atoms with Crippen LogP contribution >= 0.6 is 15.9 Å². The molecule has 1 aliphatic rings. The van der Waals surface area contributed by atoms with Gasteiger partial charge in [0.1, 0.15) is 5.75 Å². The van der Waals surface area contributed by atoms with Gasteiger partial charge in [0.2, 0.25) is 5.91 Å². The molecular formula is C17H25BrN2O3S. The van der Waals surface area contributed by atoms with E-state index < -0.39 is 21.5 Å². The number of carbonyl (C=O) groups is 1. The maximum absolute atomic E-state index is 12.1. The predicted octanol–water partition coefficient (Wildman–Crippen LogP) is 2.36. The minimum atomic E-state index is -3.46. The van der Waals surface area contributed by atoms with Gasteiger partial charge < -0.3 is 10.2 Å². The van der Waals surface area contributed by atoms with Crippen molar-refractivity contribution < 1.29 is 13.2 Å². The van der Waals surface area contributed by atoms with Crippen LogP contribution in [0.25, 0.3) is 0 Å². The van der Waals surface area contributed by atoms with E-state index in [9.17, 15) is 13.2 Å². The number of amides is 1. The molecule has 24 heavy (non-hydrogen) atoms. The summed E-state index contributed by atoms with van der Waals surface area (Å²) in [5.41, 5.74) is 0.682. The van der Waals surface area contributed by atoms with Crippen molar-refractivity contribution in [1.29, 1.82) is 0 Å². The minimum Gasteiger partial charge on any atom is -0.354 e. The number of likely N-dealkylation sites (tertiary alicyclic amines) is 1. The van der Waals surface area contributed by atoms with Crippen molar-refractivity contribution in [2.24, 2.45) is 0 Å². The molecule has 1 heterocycles. The third-order valence-electron chi connectivity index (χ3n) is 4.08. The third kappa shape index (κ3) is 7.32. The van der Waals surface area contributed by atoms with E-state index in [-0.39, 0.29) is 5.75 Å². The SMILES string of the molecule is O=C(CS(=O)(=O)Cc1cccc(Br)c1)NCCN1CCCCCC1. The number of nitrogens with zero attached hydrogens (tertiary/aromatic N) is 1. The van der Waals surface area contributed by atoms with E-state index in [1.165, 1.54) is 25.7 Å². The monoisotopic (exact) mass is 416 g/mol. The zero-order chi connectivity index (χ0) is 17.4. The molecule has 1 aliphatic heterocycles. The molecule has 1 amide bonds. The van der Waals surface area contributed by atoms with Crippen LogP contribution < -0.4 is 5.32 Å². The number of hydrogen-bond donors (Lipinski definition) is 1. The Labute approximate surface area is 152 Å². The highest BCUT2D eigenvalue weighted by atomic mass is 79.9. The number of benzene rings is 1. The van der Waals surface area contributed by atoms with Gasteiger partial charge in [-0.1, -0.05) is 40.9 Å². The summed E-state index contributed by atoms with van der Waals surface area (Å²) in [5, 5.41) is 2.73. The van der Waals surface area contributed by atoms with Crippen LogP contribution in [0.2, 0.25) is 0 Å². The molecule has 1 N–H and O–H groups in total. The molecule has 0 spiro atoms. The molecule has 0 atom stereocenters. The lowest BCUT2D eigenvalue weighted by atomic mass is 10.2. The lowest BCUT2D eigenvalue weighted by molar-refractivity contribution is -0.118. The Hall–Kier alpha value is -0.920. The molecule has 0 saturated carbocycles. The van der Waals surface area contributed by atoms with Crippen LogP contribution in [0.5, 0.6) is 0 Å². The molecule has 1 saturated heterocycles. The Morgan fingerprint density at radius 2 is 1.88 bits per heavy atom. The fourth-order valence-electron chi connectivity index (χ4n) is 2.90. The quantitative estimate of drug-likeness (QED) is 0.740. The molecule has 0 radical (unpaired) electrons. The molecule has 0 bridgehead atoms. The molecule has 0 aliphatic carbocycles. The summed E-state index contributed by atoms with van der Waals surface area (Å²) in [6, 6.07) is 7.14. The van der Waals surface area contributed by atoms with E-state index in [4.69, 9.17) is 0 Å². The number of sulfone groups is 1. The van der Waals surface area contributed by atoms with Gasteiger partial charge in [0, 0.05) is 17.6 Å². The van der Waals surface area contributed by atoms with Crippen LogP contribution in [-0.4, -0.2) is 51.2 Å². The maximum Gasteiger partial charge on any atom is 0.235 e. The zero-order valence-electron chi connectivity index (χ0n) is 13.8. The van der Waals surface area contributed by atoms with E-state index in [1.54, 1.807) is 18.2 Å². The summed E-state index contributed by atoms with van der Waals surface area (Å²) in [5.74, 6) is -0.995. The van der Waals surface area contributed by atoms with Gasteiger partial charge in [-0.25, -0.2) is 8.42 Å². The summed E-state index contributed by atoms with van der Waals surface area (Å²) in [6.07, 6.45) is 4.96. The molecular weight excluding hydrogens is 392 g/mol. The van der Waals surface area contributed by atoms with Crippen LogP contribution in [0.1, 0.15) is 31.2 Å². The summed E-state index contributed by atoms with van der Waals surface area (Å²) < 4.78 is 25.1. The largest absolute Gasteiger partial charge is 0.354 e. The van der Waals surface area contributed by atoms with Gasteiger partial charge in [0.05, 0.1) is 5.75 Å². The molecule has 2 rings (SSSR count). The Bertz CT molecular complexity index is 641. The Kier molecular flexibility index (Phi) is 7.71. The Morgan fingerprint density at radius 1 is 1.17 bits per heavy atom. The fraction of sp³-hybridized carbons (Fsp3) is 0.588. The van der Waals surface area contributed by atoms with Gasteiger partial charge in [-0.2, -0.15) is 0 Å². The van der Waals surface area contributed by atoms with Gasteiger partial charge in [-0.15, -0.1) is 0 Å². The van der Waals surface area contributed by atoms with E-state index in [1.807, 2.05) is 6.07 Å². The maximum atomic E-state index is 12.1. The highest BCUT2D eigenvalue weighted by Gasteiger charge is 2.18. The van der Waals surface area contributed by atoms with Crippen molar-refractivity contribution in [2.75, 3.05) is 31.9 Å². The van der Waals surface area contributed by atoms with Crippen LogP contribution in [0.3, 0.4) is 0 Å². The lowest BCUT2D eigenvalue weighted by Crippen LogP contribution is -2.38. The summed E-state index contributed by atoms with van der Waals surface area (Å²) in [4.78, 5) is 14.2. The van der Waals surface area contributed by atoms with Crippen molar-refractivity contribution >= 4 is 31.7 Å². The number of halogens is 1. The lowest BCUT2D eigenvalue weighted by Gasteiger charge is -2.19. The van der Waals surface area contributed by atoms with E-state index in [0.717, 1.165) is 24.1 Å². The Balaban J connectivity index is 1.74. The number of carbonyl (C=O) groups excluding carboxylic acids is 1. The summed E-state index contributed by atoms with van der Waals surface area (Å²) >= 11 is 3.32.